The Hall–Kier alpha value is -2.81. The van der Waals surface area contributed by atoms with Gasteiger partial charge in [-0.3, -0.25) is 19.5 Å². The second-order valence-electron chi connectivity index (χ2n) is 10.4. The molecule has 3 atom stereocenters. The van der Waals surface area contributed by atoms with Gasteiger partial charge < -0.3 is 20.5 Å². The molecule has 8 heteroatoms. The summed E-state index contributed by atoms with van der Waals surface area (Å²) in [6, 6.07) is 9.90. The first-order valence-electron chi connectivity index (χ1n) is 12.4. The van der Waals surface area contributed by atoms with Gasteiger partial charge in [0.05, 0.1) is 12.1 Å². The number of anilines is 1. The fourth-order valence-electron chi connectivity index (χ4n) is 4.68. The second kappa shape index (κ2) is 10.8. The molecule has 2 fully saturated rings. The standard InChI is InChI=1S/C27H36N4O4/c1-27(2,3)19-6-8-21(9-7-19)31(26(34)23-15-22(32)17-29-23)24(18-5-4-12-28-16-18)25(33)30-20-10-13-35-14-11-20/h4-9,12,16,20,22-24,29,32H,10-11,13-15,17H2,1-3H3,(H,30,33). The topological polar surface area (TPSA) is 104 Å². The Labute approximate surface area is 207 Å². The Morgan fingerprint density at radius 2 is 1.89 bits per heavy atom. The lowest BCUT2D eigenvalue weighted by Crippen LogP contribution is -2.52. The maximum absolute atomic E-state index is 13.9. The van der Waals surface area contributed by atoms with E-state index in [4.69, 9.17) is 4.74 Å². The van der Waals surface area contributed by atoms with Crippen LogP contribution in [0.25, 0.3) is 0 Å². The Morgan fingerprint density at radius 1 is 1.17 bits per heavy atom. The number of aliphatic hydroxyl groups excluding tert-OH is 1. The number of aromatic nitrogens is 1. The summed E-state index contributed by atoms with van der Waals surface area (Å²) < 4.78 is 5.44. The second-order valence-corrected chi connectivity index (χ2v) is 10.4. The number of carbonyl (C=O) groups is 2. The quantitative estimate of drug-likeness (QED) is 0.587. The monoisotopic (exact) mass is 480 g/mol. The summed E-state index contributed by atoms with van der Waals surface area (Å²) >= 11 is 0. The summed E-state index contributed by atoms with van der Waals surface area (Å²) in [5.41, 5.74) is 2.34. The largest absolute Gasteiger partial charge is 0.392 e. The molecule has 2 aliphatic heterocycles. The molecular formula is C27H36N4O4. The van der Waals surface area contributed by atoms with Crippen molar-refractivity contribution in [1.29, 1.82) is 0 Å². The van der Waals surface area contributed by atoms with Crippen LogP contribution in [0.2, 0.25) is 0 Å². The van der Waals surface area contributed by atoms with Gasteiger partial charge in [-0.15, -0.1) is 0 Å². The molecule has 4 rings (SSSR count). The maximum atomic E-state index is 13.9. The minimum Gasteiger partial charge on any atom is -0.392 e. The number of carbonyl (C=O) groups excluding carboxylic acids is 2. The molecule has 0 bridgehead atoms. The number of hydrogen-bond donors (Lipinski definition) is 3. The van der Waals surface area contributed by atoms with E-state index in [1.807, 2.05) is 30.3 Å². The zero-order chi connectivity index (χ0) is 25.0. The number of ether oxygens (including phenoxy) is 1. The number of amides is 2. The van der Waals surface area contributed by atoms with E-state index in [0.717, 1.165) is 18.4 Å². The first kappa shape index (κ1) is 25.3. The van der Waals surface area contributed by atoms with Crippen molar-refractivity contribution in [2.75, 3.05) is 24.7 Å². The SMILES string of the molecule is CC(C)(C)c1ccc(N(C(=O)C2CC(O)CN2)C(C(=O)NC2CCOCC2)c2cccnc2)cc1. The van der Waals surface area contributed by atoms with Crippen LogP contribution in [0, 0.1) is 0 Å². The Bertz CT molecular complexity index is 1000. The summed E-state index contributed by atoms with van der Waals surface area (Å²) in [7, 11) is 0. The summed E-state index contributed by atoms with van der Waals surface area (Å²) in [6.07, 6.45) is 4.45. The van der Waals surface area contributed by atoms with Crippen molar-refractivity contribution in [3.05, 3.63) is 59.9 Å². The summed E-state index contributed by atoms with van der Waals surface area (Å²) in [5, 5.41) is 16.3. The van der Waals surface area contributed by atoms with E-state index in [-0.39, 0.29) is 23.3 Å². The van der Waals surface area contributed by atoms with E-state index in [0.29, 0.717) is 37.4 Å². The number of nitrogens with one attached hydrogen (secondary N) is 2. The van der Waals surface area contributed by atoms with E-state index in [1.54, 1.807) is 23.4 Å². The van der Waals surface area contributed by atoms with Crippen LogP contribution < -0.4 is 15.5 Å². The Balaban J connectivity index is 1.74. The first-order valence-corrected chi connectivity index (χ1v) is 12.4. The normalized spacial score (nSPS) is 21.9. The third-order valence-electron chi connectivity index (χ3n) is 6.73. The molecule has 2 aromatic rings. The fourth-order valence-corrected chi connectivity index (χ4v) is 4.68. The van der Waals surface area contributed by atoms with Crippen LogP contribution in [0.4, 0.5) is 5.69 Å². The van der Waals surface area contributed by atoms with Crippen molar-refractivity contribution >= 4 is 17.5 Å². The van der Waals surface area contributed by atoms with Crippen LogP contribution in [0.15, 0.2) is 48.8 Å². The van der Waals surface area contributed by atoms with Gasteiger partial charge in [0.1, 0.15) is 6.04 Å². The van der Waals surface area contributed by atoms with E-state index >= 15 is 0 Å². The first-order chi connectivity index (χ1) is 16.7. The molecule has 2 saturated heterocycles. The predicted octanol–water partition coefficient (Wildman–Crippen LogP) is 2.47. The highest BCUT2D eigenvalue weighted by Gasteiger charge is 2.39. The van der Waals surface area contributed by atoms with E-state index in [1.165, 1.54) is 0 Å². The molecule has 0 saturated carbocycles. The molecule has 0 aliphatic carbocycles. The maximum Gasteiger partial charge on any atom is 0.248 e. The predicted molar refractivity (Wildman–Crippen MR) is 134 cm³/mol. The van der Waals surface area contributed by atoms with Gasteiger partial charge in [-0.1, -0.05) is 39.0 Å². The molecule has 3 unspecified atom stereocenters. The van der Waals surface area contributed by atoms with E-state index in [9.17, 15) is 14.7 Å². The van der Waals surface area contributed by atoms with Gasteiger partial charge in [-0.05, 0) is 48.4 Å². The van der Waals surface area contributed by atoms with Crippen molar-refractivity contribution in [1.82, 2.24) is 15.6 Å². The molecule has 1 aromatic carbocycles. The van der Waals surface area contributed by atoms with Gasteiger partial charge in [0.15, 0.2) is 0 Å². The molecule has 35 heavy (non-hydrogen) atoms. The molecule has 2 aliphatic rings. The van der Waals surface area contributed by atoms with Crippen LogP contribution >= 0.6 is 0 Å². The van der Waals surface area contributed by atoms with Crippen molar-refractivity contribution < 1.29 is 19.4 Å². The summed E-state index contributed by atoms with van der Waals surface area (Å²) in [5.74, 6) is -0.502. The van der Waals surface area contributed by atoms with Crippen molar-refractivity contribution in [2.45, 2.75) is 69.7 Å². The van der Waals surface area contributed by atoms with E-state index < -0.39 is 18.2 Å². The van der Waals surface area contributed by atoms with Gasteiger partial charge in [-0.25, -0.2) is 0 Å². The molecular weight excluding hydrogens is 444 g/mol. The average molecular weight is 481 g/mol. The van der Waals surface area contributed by atoms with E-state index in [2.05, 4.69) is 36.4 Å². The number of aliphatic hydroxyl groups is 1. The Kier molecular flexibility index (Phi) is 7.84. The van der Waals surface area contributed by atoms with Crippen LogP contribution in [-0.4, -0.2) is 59.9 Å². The lowest BCUT2D eigenvalue weighted by Gasteiger charge is -2.35. The van der Waals surface area contributed by atoms with Crippen LogP contribution in [-0.2, 0) is 19.7 Å². The van der Waals surface area contributed by atoms with Crippen LogP contribution in [0.1, 0.15) is 57.2 Å². The Morgan fingerprint density at radius 3 is 2.46 bits per heavy atom. The van der Waals surface area contributed by atoms with Crippen LogP contribution in [0.5, 0.6) is 0 Å². The number of pyridine rings is 1. The highest BCUT2D eigenvalue weighted by molar-refractivity contribution is 6.04. The third kappa shape index (κ3) is 6.07. The fraction of sp³-hybridized carbons (Fsp3) is 0.519. The number of nitrogens with zero attached hydrogens (tertiary/aromatic N) is 2. The van der Waals surface area contributed by atoms with Crippen molar-refractivity contribution in [2.24, 2.45) is 0 Å². The van der Waals surface area contributed by atoms with Gasteiger partial charge in [0.2, 0.25) is 11.8 Å². The highest BCUT2D eigenvalue weighted by Crippen LogP contribution is 2.32. The van der Waals surface area contributed by atoms with Gasteiger partial charge in [0.25, 0.3) is 0 Å². The van der Waals surface area contributed by atoms with Crippen LogP contribution in [0.3, 0.4) is 0 Å². The smallest absolute Gasteiger partial charge is 0.248 e. The van der Waals surface area contributed by atoms with Gasteiger partial charge in [0, 0.05) is 49.4 Å². The molecule has 1 aromatic heterocycles. The number of rotatable bonds is 6. The molecule has 0 radical (unpaired) electrons. The molecule has 2 amide bonds. The molecule has 188 valence electrons. The zero-order valence-corrected chi connectivity index (χ0v) is 20.7. The van der Waals surface area contributed by atoms with Crippen molar-refractivity contribution in [3.8, 4) is 0 Å². The molecule has 3 heterocycles. The summed E-state index contributed by atoms with van der Waals surface area (Å²) in [6.45, 7) is 7.95. The number of hydrogen-bond acceptors (Lipinski definition) is 6. The summed E-state index contributed by atoms with van der Waals surface area (Å²) in [4.78, 5) is 33.5. The number of β-amino-alcohol motifs (C(OH)–C–C–N with tert-alkyl or cyclic N) is 1. The minimum absolute atomic E-state index is 0.0120. The van der Waals surface area contributed by atoms with Crippen molar-refractivity contribution in [3.63, 3.8) is 0 Å². The van der Waals surface area contributed by atoms with Gasteiger partial charge >= 0.3 is 0 Å². The molecule has 8 nitrogen and oxygen atoms in total. The average Bonchev–Trinajstić information content (AvgIpc) is 3.29. The number of benzene rings is 1. The zero-order valence-electron chi connectivity index (χ0n) is 20.7. The molecule has 3 N–H and O–H groups in total. The lowest BCUT2D eigenvalue weighted by atomic mass is 9.87. The highest BCUT2D eigenvalue weighted by atomic mass is 16.5. The third-order valence-corrected chi connectivity index (χ3v) is 6.73. The van der Waals surface area contributed by atoms with Gasteiger partial charge in [-0.2, -0.15) is 0 Å². The lowest BCUT2D eigenvalue weighted by molar-refractivity contribution is -0.128. The molecule has 0 spiro atoms. The minimum atomic E-state index is -0.904.